The molecule has 1 fully saturated rings. The van der Waals surface area contributed by atoms with E-state index in [2.05, 4.69) is 5.32 Å². The summed E-state index contributed by atoms with van der Waals surface area (Å²) in [6.45, 7) is 5.11. The minimum Gasteiger partial charge on any atom is -0.480 e. The molecule has 2 unspecified atom stereocenters. The molecular formula is C11H20N2O4. The van der Waals surface area contributed by atoms with Gasteiger partial charge in [-0.05, 0) is 6.54 Å². The fourth-order valence-corrected chi connectivity index (χ4v) is 2.02. The number of β-amino-alcohol motifs (C(OH)–C–C–N with tert-alkyl or cyclic N) is 1. The summed E-state index contributed by atoms with van der Waals surface area (Å²) in [4.78, 5) is 24.3. The second-order valence-electron chi connectivity index (χ2n) is 4.44. The number of hydrogen-bond acceptors (Lipinski definition) is 4. The number of carbonyl (C=O) groups is 2. The Morgan fingerprint density at radius 2 is 2.18 bits per heavy atom. The van der Waals surface area contributed by atoms with Crippen molar-refractivity contribution < 1.29 is 19.8 Å². The van der Waals surface area contributed by atoms with Crippen LogP contribution in [-0.4, -0.2) is 58.8 Å². The lowest BCUT2D eigenvalue weighted by molar-refractivity contribution is -0.149. The molecule has 98 valence electrons. The summed E-state index contributed by atoms with van der Waals surface area (Å²) >= 11 is 0. The maximum atomic E-state index is 12.0. The van der Waals surface area contributed by atoms with E-state index in [1.807, 2.05) is 6.92 Å². The Balaban J connectivity index is 2.63. The highest BCUT2D eigenvalue weighted by atomic mass is 16.4. The number of carboxylic acid groups (broad SMARTS) is 1. The van der Waals surface area contributed by atoms with E-state index in [4.69, 9.17) is 5.11 Å². The standard InChI is InChI=1S/C11H20N2O4/c1-3-12-5-7(2)10(15)13-6-8(14)4-9(13)11(16)17/h7-9,12,14H,3-6H2,1-2H3,(H,16,17)/t7?,8?,9-/m0/s1. The van der Waals surface area contributed by atoms with E-state index in [0.717, 1.165) is 6.54 Å². The summed E-state index contributed by atoms with van der Waals surface area (Å²) in [5.74, 6) is -1.54. The van der Waals surface area contributed by atoms with Crippen LogP contribution in [0.2, 0.25) is 0 Å². The van der Waals surface area contributed by atoms with E-state index >= 15 is 0 Å². The van der Waals surface area contributed by atoms with Crippen LogP contribution < -0.4 is 5.32 Å². The molecule has 0 radical (unpaired) electrons. The highest BCUT2D eigenvalue weighted by molar-refractivity contribution is 5.85. The molecule has 6 nitrogen and oxygen atoms in total. The maximum absolute atomic E-state index is 12.0. The second kappa shape index (κ2) is 5.97. The average Bonchev–Trinajstić information content (AvgIpc) is 2.67. The largest absolute Gasteiger partial charge is 0.480 e. The Hall–Kier alpha value is -1.14. The Labute approximate surface area is 101 Å². The molecule has 0 aromatic carbocycles. The highest BCUT2D eigenvalue weighted by Gasteiger charge is 2.39. The van der Waals surface area contributed by atoms with E-state index in [-0.39, 0.29) is 24.8 Å². The molecule has 0 aliphatic carbocycles. The number of aliphatic hydroxyl groups is 1. The van der Waals surface area contributed by atoms with Crippen molar-refractivity contribution in [1.29, 1.82) is 0 Å². The number of nitrogens with zero attached hydrogens (tertiary/aromatic N) is 1. The van der Waals surface area contributed by atoms with Crippen LogP contribution in [0.5, 0.6) is 0 Å². The van der Waals surface area contributed by atoms with Gasteiger partial charge in [0.2, 0.25) is 5.91 Å². The monoisotopic (exact) mass is 244 g/mol. The molecule has 1 rings (SSSR count). The molecule has 0 aromatic heterocycles. The zero-order valence-electron chi connectivity index (χ0n) is 10.2. The summed E-state index contributed by atoms with van der Waals surface area (Å²) in [6, 6.07) is -0.887. The third-order valence-electron chi connectivity index (χ3n) is 2.97. The van der Waals surface area contributed by atoms with Gasteiger partial charge in [0.1, 0.15) is 6.04 Å². The quantitative estimate of drug-likeness (QED) is 0.594. The molecule has 1 amide bonds. The predicted molar refractivity (Wildman–Crippen MR) is 61.5 cm³/mol. The Bertz CT molecular complexity index is 295. The van der Waals surface area contributed by atoms with Crippen LogP contribution in [0.15, 0.2) is 0 Å². The van der Waals surface area contributed by atoms with Crippen molar-refractivity contribution in [3.05, 3.63) is 0 Å². The Kier molecular flexibility index (Phi) is 4.89. The highest BCUT2D eigenvalue weighted by Crippen LogP contribution is 2.20. The molecule has 3 N–H and O–H groups in total. The van der Waals surface area contributed by atoms with Crippen molar-refractivity contribution in [3.8, 4) is 0 Å². The first-order chi connectivity index (χ1) is 7.97. The van der Waals surface area contributed by atoms with E-state index in [0.29, 0.717) is 6.54 Å². The minimum atomic E-state index is -1.05. The van der Waals surface area contributed by atoms with Crippen molar-refractivity contribution in [2.24, 2.45) is 5.92 Å². The smallest absolute Gasteiger partial charge is 0.326 e. The van der Waals surface area contributed by atoms with Gasteiger partial charge in [0.15, 0.2) is 0 Å². The molecule has 6 heteroatoms. The first-order valence-electron chi connectivity index (χ1n) is 5.89. The number of likely N-dealkylation sites (tertiary alicyclic amines) is 1. The molecule has 0 spiro atoms. The van der Waals surface area contributed by atoms with Crippen LogP contribution in [-0.2, 0) is 9.59 Å². The van der Waals surface area contributed by atoms with Gasteiger partial charge in [0.25, 0.3) is 0 Å². The molecule has 0 saturated carbocycles. The molecule has 3 atom stereocenters. The summed E-state index contributed by atoms with van der Waals surface area (Å²) in [6.07, 6.45) is -0.610. The molecule has 1 aliphatic heterocycles. The van der Waals surface area contributed by atoms with Gasteiger partial charge >= 0.3 is 5.97 Å². The lowest BCUT2D eigenvalue weighted by atomic mass is 10.1. The minimum absolute atomic E-state index is 0.117. The van der Waals surface area contributed by atoms with Crippen LogP contribution >= 0.6 is 0 Å². The van der Waals surface area contributed by atoms with Crippen molar-refractivity contribution in [3.63, 3.8) is 0 Å². The lowest BCUT2D eigenvalue weighted by Gasteiger charge is -2.24. The second-order valence-corrected chi connectivity index (χ2v) is 4.44. The number of rotatable bonds is 5. The molecule has 0 bridgehead atoms. The SMILES string of the molecule is CCNCC(C)C(=O)N1CC(O)C[C@H]1C(=O)O. The predicted octanol–water partition coefficient (Wildman–Crippen LogP) is -0.722. The zero-order valence-corrected chi connectivity index (χ0v) is 10.2. The van der Waals surface area contributed by atoms with Gasteiger partial charge in [0.05, 0.1) is 6.10 Å². The Morgan fingerprint density at radius 1 is 1.53 bits per heavy atom. The van der Waals surface area contributed by atoms with Gasteiger partial charge in [-0.2, -0.15) is 0 Å². The first kappa shape index (κ1) is 13.9. The van der Waals surface area contributed by atoms with E-state index in [9.17, 15) is 14.7 Å². The molecule has 17 heavy (non-hydrogen) atoms. The Morgan fingerprint density at radius 3 is 2.71 bits per heavy atom. The fraction of sp³-hybridized carbons (Fsp3) is 0.818. The van der Waals surface area contributed by atoms with Gasteiger partial charge in [-0.25, -0.2) is 4.79 Å². The summed E-state index contributed by atoms with van der Waals surface area (Å²) in [5.41, 5.74) is 0. The summed E-state index contributed by atoms with van der Waals surface area (Å²) in [7, 11) is 0. The van der Waals surface area contributed by atoms with E-state index in [1.165, 1.54) is 4.90 Å². The normalized spacial score (nSPS) is 25.9. The van der Waals surface area contributed by atoms with Crippen LogP contribution in [0.4, 0.5) is 0 Å². The number of hydrogen-bond donors (Lipinski definition) is 3. The summed E-state index contributed by atoms with van der Waals surface area (Å²) < 4.78 is 0. The molecule has 1 saturated heterocycles. The lowest BCUT2D eigenvalue weighted by Crippen LogP contribution is -2.45. The maximum Gasteiger partial charge on any atom is 0.326 e. The van der Waals surface area contributed by atoms with Gasteiger partial charge in [-0.15, -0.1) is 0 Å². The average molecular weight is 244 g/mol. The number of aliphatic hydroxyl groups excluding tert-OH is 1. The van der Waals surface area contributed by atoms with Crippen molar-refractivity contribution in [2.75, 3.05) is 19.6 Å². The van der Waals surface area contributed by atoms with E-state index in [1.54, 1.807) is 6.92 Å². The van der Waals surface area contributed by atoms with Crippen molar-refractivity contribution in [2.45, 2.75) is 32.4 Å². The van der Waals surface area contributed by atoms with Crippen LogP contribution in [0.25, 0.3) is 0 Å². The molecule has 1 heterocycles. The number of aliphatic carboxylic acids is 1. The molecule has 1 aliphatic rings. The number of carboxylic acids is 1. The number of amides is 1. The number of carbonyl (C=O) groups excluding carboxylic acids is 1. The van der Waals surface area contributed by atoms with Crippen molar-refractivity contribution >= 4 is 11.9 Å². The van der Waals surface area contributed by atoms with Gasteiger partial charge < -0.3 is 20.4 Å². The van der Waals surface area contributed by atoms with Crippen LogP contribution in [0.3, 0.4) is 0 Å². The molecule has 0 aromatic rings. The zero-order chi connectivity index (χ0) is 13.0. The van der Waals surface area contributed by atoms with Gasteiger partial charge in [-0.3, -0.25) is 4.79 Å². The van der Waals surface area contributed by atoms with Gasteiger partial charge in [-0.1, -0.05) is 13.8 Å². The third kappa shape index (κ3) is 3.41. The van der Waals surface area contributed by atoms with Gasteiger partial charge in [0, 0.05) is 25.4 Å². The molecular weight excluding hydrogens is 224 g/mol. The summed E-state index contributed by atoms with van der Waals surface area (Å²) in [5, 5.41) is 21.5. The number of nitrogens with one attached hydrogen (secondary N) is 1. The van der Waals surface area contributed by atoms with Crippen LogP contribution in [0, 0.1) is 5.92 Å². The third-order valence-corrected chi connectivity index (χ3v) is 2.97. The van der Waals surface area contributed by atoms with E-state index < -0.39 is 18.1 Å². The first-order valence-corrected chi connectivity index (χ1v) is 5.89. The van der Waals surface area contributed by atoms with Crippen LogP contribution in [0.1, 0.15) is 20.3 Å². The van der Waals surface area contributed by atoms with Crippen molar-refractivity contribution in [1.82, 2.24) is 10.2 Å². The topological polar surface area (TPSA) is 89.9 Å². The fourth-order valence-electron chi connectivity index (χ4n) is 2.02.